The predicted molar refractivity (Wildman–Crippen MR) is 69.5 cm³/mol. The molecule has 1 heterocycles. The van der Waals surface area contributed by atoms with E-state index in [0.717, 1.165) is 24.5 Å². The minimum Gasteiger partial charge on any atom is -0.497 e. The number of ether oxygens (including phenoxy) is 1. The largest absolute Gasteiger partial charge is 0.497 e. The van der Waals surface area contributed by atoms with Gasteiger partial charge in [-0.05, 0) is 24.3 Å². The van der Waals surface area contributed by atoms with Crippen LogP contribution in [0.2, 0.25) is 0 Å². The molecule has 1 aromatic rings. The SMILES string of the molecule is COc1ccc(N2CC(CS(=O)(=O)OC)C2)cc1. The number of benzene rings is 1. The summed E-state index contributed by atoms with van der Waals surface area (Å²) in [6, 6.07) is 7.74. The lowest BCUT2D eigenvalue weighted by atomic mass is 10.0. The highest BCUT2D eigenvalue weighted by Crippen LogP contribution is 2.27. The van der Waals surface area contributed by atoms with E-state index in [2.05, 4.69) is 9.08 Å². The van der Waals surface area contributed by atoms with E-state index in [1.54, 1.807) is 7.11 Å². The van der Waals surface area contributed by atoms with Crippen LogP contribution in [0.4, 0.5) is 5.69 Å². The molecule has 100 valence electrons. The Labute approximate surface area is 107 Å². The van der Waals surface area contributed by atoms with Gasteiger partial charge in [0.15, 0.2) is 0 Å². The van der Waals surface area contributed by atoms with Gasteiger partial charge in [0.1, 0.15) is 5.75 Å². The van der Waals surface area contributed by atoms with Crippen LogP contribution in [0.25, 0.3) is 0 Å². The molecule has 1 aromatic carbocycles. The molecule has 0 N–H and O–H groups in total. The molecular formula is C12H17NO4S. The summed E-state index contributed by atoms with van der Waals surface area (Å²) in [6.07, 6.45) is 0. The molecule has 1 aliphatic heterocycles. The van der Waals surface area contributed by atoms with Gasteiger partial charge in [0.05, 0.1) is 20.0 Å². The Morgan fingerprint density at radius 2 is 1.83 bits per heavy atom. The maximum absolute atomic E-state index is 11.3. The van der Waals surface area contributed by atoms with Gasteiger partial charge in [0.2, 0.25) is 0 Å². The van der Waals surface area contributed by atoms with Crippen LogP contribution in [0, 0.1) is 5.92 Å². The van der Waals surface area contributed by atoms with Gasteiger partial charge in [-0.15, -0.1) is 0 Å². The zero-order valence-corrected chi connectivity index (χ0v) is 11.3. The molecule has 0 atom stereocenters. The van der Waals surface area contributed by atoms with E-state index in [1.165, 1.54) is 7.11 Å². The third kappa shape index (κ3) is 2.94. The minimum absolute atomic E-state index is 0.0934. The lowest BCUT2D eigenvalue weighted by Crippen LogP contribution is -2.49. The Bertz CT molecular complexity index is 491. The van der Waals surface area contributed by atoms with Crippen molar-refractivity contribution in [1.82, 2.24) is 0 Å². The van der Waals surface area contributed by atoms with Crippen LogP contribution in [0.15, 0.2) is 24.3 Å². The van der Waals surface area contributed by atoms with E-state index < -0.39 is 10.1 Å². The highest BCUT2D eigenvalue weighted by Gasteiger charge is 2.31. The van der Waals surface area contributed by atoms with Crippen molar-refractivity contribution in [3.63, 3.8) is 0 Å². The van der Waals surface area contributed by atoms with Crippen LogP contribution in [-0.2, 0) is 14.3 Å². The second-order valence-corrected chi connectivity index (χ2v) is 6.14. The summed E-state index contributed by atoms with van der Waals surface area (Å²) in [5.74, 6) is 1.06. The summed E-state index contributed by atoms with van der Waals surface area (Å²) in [4.78, 5) is 2.13. The zero-order valence-electron chi connectivity index (χ0n) is 10.5. The monoisotopic (exact) mass is 271 g/mol. The van der Waals surface area contributed by atoms with Crippen LogP contribution >= 0.6 is 0 Å². The standard InChI is InChI=1S/C12H17NO4S/c1-16-12-5-3-11(4-6-12)13-7-10(8-13)9-18(14,15)17-2/h3-6,10H,7-9H2,1-2H3. The van der Waals surface area contributed by atoms with Crippen molar-refractivity contribution in [3.8, 4) is 5.75 Å². The van der Waals surface area contributed by atoms with E-state index in [1.807, 2.05) is 24.3 Å². The summed E-state index contributed by atoms with van der Waals surface area (Å²) in [5.41, 5.74) is 1.09. The Morgan fingerprint density at radius 3 is 2.33 bits per heavy atom. The van der Waals surface area contributed by atoms with Crippen LogP contribution in [0.1, 0.15) is 0 Å². The van der Waals surface area contributed by atoms with Gasteiger partial charge in [-0.2, -0.15) is 8.42 Å². The molecule has 1 aliphatic rings. The smallest absolute Gasteiger partial charge is 0.267 e. The lowest BCUT2D eigenvalue weighted by Gasteiger charge is -2.40. The molecule has 18 heavy (non-hydrogen) atoms. The maximum atomic E-state index is 11.3. The fraction of sp³-hybridized carbons (Fsp3) is 0.500. The number of hydrogen-bond donors (Lipinski definition) is 0. The van der Waals surface area contributed by atoms with Crippen LogP contribution in [0.5, 0.6) is 5.75 Å². The van der Waals surface area contributed by atoms with E-state index >= 15 is 0 Å². The first-order valence-electron chi connectivity index (χ1n) is 5.71. The normalized spacial score (nSPS) is 16.4. The topological polar surface area (TPSA) is 55.8 Å². The van der Waals surface area contributed by atoms with Crippen LogP contribution in [0.3, 0.4) is 0 Å². The van der Waals surface area contributed by atoms with Crippen molar-refractivity contribution < 1.29 is 17.3 Å². The number of methoxy groups -OCH3 is 1. The van der Waals surface area contributed by atoms with Gasteiger partial charge in [-0.3, -0.25) is 4.18 Å². The minimum atomic E-state index is -3.34. The molecule has 0 bridgehead atoms. The number of anilines is 1. The molecule has 0 spiro atoms. The number of nitrogens with zero attached hydrogens (tertiary/aromatic N) is 1. The second-order valence-electron chi connectivity index (χ2n) is 4.36. The highest BCUT2D eigenvalue weighted by molar-refractivity contribution is 7.86. The second kappa shape index (κ2) is 5.16. The number of hydrogen-bond acceptors (Lipinski definition) is 5. The van der Waals surface area contributed by atoms with Gasteiger partial charge in [-0.25, -0.2) is 0 Å². The molecule has 6 heteroatoms. The summed E-state index contributed by atoms with van der Waals surface area (Å²) in [7, 11) is -0.510. The molecule has 0 aliphatic carbocycles. The molecule has 1 saturated heterocycles. The molecule has 0 saturated carbocycles. The molecule has 0 unspecified atom stereocenters. The van der Waals surface area contributed by atoms with Gasteiger partial charge < -0.3 is 9.64 Å². The average molecular weight is 271 g/mol. The number of rotatable bonds is 5. The summed E-state index contributed by atoms with van der Waals surface area (Å²) < 4.78 is 32.1. The molecule has 0 radical (unpaired) electrons. The van der Waals surface area contributed by atoms with Crippen LogP contribution < -0.4 is 9.64 Å². The van der Waals surface area contributed by atoms with Crippen molar-refractivity contribution in [1.29, 1.82) is 0 Å². The molecular weight excluding hydrogens is 254 g/mol. The summed E-state index contributed by atoms with van der Waals surface area (Å²) in [5, 5.41) is 0. The Hall–Kier alpha value is -1.27. The predicted octanol–water partition coefficient (Wildman–Crippen LogP) is 1.11. The molecule has 0 amide bonds. The van der Waals surface area contributed by atoms with Crippen molar-refractivity contribution in [2.45, 2.75) is 0 Å². The van der Waals surface area contributed by atoms with Crippen molar-refractivity contribution >= 4 is 15.8 Å². The van der Waals surface area contributed by atoms with Gasteiger partial charge in [-0.1, -0.05) is 0 Å². The Kier molecular flexibility index (Phi) is 3.77. The first kappa shape index (κ1) is 13.2. The Balaban J connectivity index is 1.88. The average Bonchev–Trinajstić information content (AvgIpc) is 2.34. The van der Waals surface area contributed by atoms with Crippen molar-refractivity contribution in [3.05, 3.63) is 24.3 Å². The van der Waals surface area contributed by atoms with Gasteiger partial charge in [0.25, 0.3) is 10.1 Å². The quantitative estimate of drug-likeness (QED) is 0.751. The fourth-order valence-electron chi connectivity index (χ4n) is 2.04. The fourth-order valence-corrected chi connectivity index (χ4v) is 2.96. The molecule has 1 fully saturated rings. The van der Waals surface area contributed by atoms with Gasteiger partial charge >= 0.3 is 0 Å². The molecule has 0 aromatic heterocycles. The summed E-state index contributed by atoms with van der Waals surface area (Å²) in [6.45, 7) is 1.49. The third-order valence-electron chi connectivity index (χ3n) is 3.09. The van der Waals surface area contributed by atoms with Crippen molar-refractivity contribution in [2.24, 2.45) is 5.92 Å². The highest BCUT2D eigenvalue weighted by atomic mass is 32.2. The zero-order chi connectivity index (χ0) is 13.2. The maximum Gasteiger partial charge on any atom is 0.267 e. The van der Waals surface area contributed by atoms with Crippen molar-refractivity contribution in [2.75, 3.05) is 38.0 Å². The van der Waals surface area contributed by atoms with E-state index in [4.69, 9.17) is 4.74 Å². The summed E-state index contributed by atoms with van der Waals surface area (Å²) >= 11 is 0. The first-order chi connectivity index (χ1) is 8.54. The van der Waals surface area contributed by atoms with E-state index in [-0.39, 0.29) is 11.7 Å². The van der Waals surface area contributed by atoms with Crippen LogP contribution in [-0.4, -0.2) is 41.5 Å². The molecule has 2 rings (SSSR count). The Morgan fingerprint density at radius 1 is 1.22 bits per heavy atom. The lowest BCUT2D eigenvalue weighted by molar-refractivity contribution is 0.374. The third-order valence-corrected chi connectivity index (χ3v) is 4.48. The van der Waals surface area contributed by atoms with Gasteiger partial charge in [0, 0.05) is 24.7 Å². The molecule has 5 nitrogen and oxygen atoms in total. The van der Waals surface area contributed by atoms with E-state index in [9.17, 15) is 8.42 Å². The van der Waals surface area contributed by atoms with E-state index in [0.29, 0.717) is 0 Å². The first-order valence-corrected chi connectivity index (χ1v) is 7.29.